The van der Waals surface area contributed by atoms with Crippen molar-refractivity contribution in [3.8, 4) is 0 Å². The summed E-state index contributed by atoms with van der Waals surface area (Å²) in [4.78, 5) is 29.5. The van der Waals surface area contributed by atoms with Gasteiger partial charge in [-0.05, 0) is 11.6 Å². The summed E-state index contributed by atoms with van der Waals surface area (Å²) in [5.74, 6) is 0.520. The van der Waals surface area contributed by atoms with Crippen molar-refractivity contribution >= 4 is 33.0 Å². The summed E-state index contributed by atoms with van der Waals surface area (Å²) >= 11 is 3.54. The molecule has 26 heavy (non-hydrogen) atoms. The summed E-state index contributed by atoms with van der Waals surface area (Å²) < 4.78 is 10.3. The molecule has 1 aromatic carbocycles. The van der Waals surface area contributed by atoms with Crippen LogP contribution in [0.25, 0.3) is 11.2 Å². The normalized spacial score (nSPS) is 11.2. The number of ether oxygens (including phenoxy) is 1. The average Bonchev–Trinajstić information content (AvgIpc) is 2.99. The van der Waals surface area contributed by atoms with Crippen molar-refractivity contribution < 1.29 is 4.74 Å². The Morgan fingerprint density at radius 1 is 1.19 bits per heavy atom. The third-order valence-corrected chi connectivity index (χ3v) is 5.00. The molecule has 0 amide bonds. The quantitative estimate of drug-likeness (QED) is 0.606. The first-order valence-corrected chi connectivity index (χ1v) is 8.87. The lowest BCUT2D eigenvalue weighted by atomic mass is 10.2. The number of hydrogen-bond acceptors (Lipinski definition) is 5. The molecule has 8 nitrogen and oxygen atoms in total. The molecule has 0 spiro atoms. The van der Waals surface area contributed by atoms with Crippen LogP contribution in [-0.4, -0.2) is 38.9 Å². The lowest BCUT2D eigenvalue weighted by Gasteiger charge is -2.12. The van der Waals surface area contributed by atoms with Crippen LogP contribution in [0.2, 0.25) is 0 Å². The van der Waals surface area contributed by atoms with Crippen LogP contribution in [0.15, 0.2) is 38.3 Å². The van der Waals surface area contributed by atoms with Gasteiger partial charge in [0, 0.05) is 32.2 Å². The number of anilines is 1. The minimum absolute atomic E-state index is 0.352. The number of hydrogen-bond donors (Lipinski definition) is 1. The fraction of sp³-hybridized carbons (Fsp3) is 0.353. The highest BCUT2D eigenvalue weighted by Gasteiger charge is 2.19. The van der Waals surface area contributed by atoms with Crippen LogP contribution in [0.5, 0.6) is 0 Å². The van der Waals surface area contributed by atoms with E-state index in [1.54, 1.807) is 18.7 Å². The summed E-state index contributed by atoms with van der Waals surface area (Å²) in [6.45, 7) is 1.46. The van der Waals surface area contributed by atoms with E-state index in [9.17, 15) is 9.59 Å². The van der Waals surface area contributed by atoms with Gasteiger partial charge in [-0.2, -0.15) is 4.98 Å². The molecule has 1 N–H and O–H groups in total. The van der Waals surface area contributed by atoms with Gasteiger partial charge in [0.15, 0.2) is 11.2 Å². The van der Waals surface area contributed by atoms with Crippen molar-refractivity contribution in [2.24, 2.45) is 14.1 Å². The standard InChI is InChI=1S/C17H20BrN5O3/c1-21-14-13(15(24)22(2)17(21)25)23(16(20-14)19-8-9-26-3)10-11-6-4-5-7-12(11)18/h4-7H,8-10H2,1-3H3,(H,19,20). The number of aryl methyl sites for hydroxylation is 1. The molecule has 0 fully saturated rings. The zero-order chi connectivity index (χ0) is 18.8. The van der Waals surface area contributed by atoms with Gasteiger partial charge >= 0.3 is 5.69 Å². The monoisotopic (exact) mass is 421 g/mol. The Morgan fingerprint density at radius 3 is 2.62 bits per heavy atom. The number of halogens is 1. The second-order valence-corrected chi connectivity index (χ2v) is 6.76. The molecule has 0 saturated carbocycles. The molecule has 138 valence electrons. The summed E-state index contributed by atoms with van der Waals surface area (Å²) in [6, 6.07) is 7.78. The number of benzene rings is 1. The lowest BCUT2D eigenvalue weighted by molar-refractivity contribution is 0.210. The first kappa shape index (κ1) is 18.4. The minimum atomic E-state index is -0.406. The Hall–Kier alpha value is -2.39. The minimum Gasteiger partial charge on any atom is -0.383 e. The molecular formula is C17H20BrN5O3. The molecule has 2 heterocycles. The molecule has 0 aliphatic heterocycles. The molecule has 0 aliphatic rings. The maximum Gasteiger partial charge on any atom is 0.332 e. The van der Waals surface area contributed by atoms with Crippen LogP contribution in [0, 0.1) is 0 Å². The Morgan fingerprint density at radius 2 is 1.92 bits per heavy atom. The van der Waals surface area contributed by atoms with Gasteiger partial charge < -0.3 is 10.1 Å². The largest absolute Gasteiger partial charge is 0.383 e. The van der Waals surface area contributed by atoms with Crippen LogP contribution in [-0.2, 0) is 25.4 Å². The maximum absolute atomic E-state index is 12.8. The van der Waals surface area contributed by atoms with E-state index in [4.69, 9.17) is 4.74 Å². The number of aromatic nitrogens is 4. The van der Waals surface area contributed by atoms with Crippen LogP contribution in [0.1, 0.15) is 5.56 Å². The predicted molar refractivity (Wildman–Crippen MR) is 104 cm³/mol. The van der Waals surface area contributed by atoms with Crippen molar-refractivity contribution in [3.05, 3.63) is 55.1 Å². The molecule has 0 bridgehead atoms. The SMILES string of the molecule is COCCNc1nc2c(c(=O)n(C)c(=O)n2C)n1Cc1ccccc1Br. The smallest absolute Gasteiger partial charge is 0.332 e. The molecule has 0 unspecified atom stereocenters. The van der Waals surface area contributed by atoms with Gasteiger partial charge in [-0.15, -0.1) is 0 Å². The number of rotatable bonds is 6. The number of methoxy groups -OCH3 is 1. The molecular weight excluding hydrogens is 402 g/mol. The van der Waals surface area contributed by atoms with E-state index in [1.165, 1.54) is 11.6 Å². The van der Waals surface area contributed by atoms with Crippen LogP contribution in [0.4, 0.5) is 5.95 Å². The van der Waals surface area contributed by atoms with E-state index in [2.05, 4.69) is 26.2 Å². The van der Waals surface area contributed by atoms with E-state index in [0.717, 1.165) is 14.6 Å². The van der Waals surface area contributed by atoms with Gasteiger partial charge in [0.2, 0.25) is 5.95 Å². The molecule has 2 aromatic heterocycles. The highest BCUT2D eigenvalue weighted by atomic mass is 79.9. The van der Waals surface area contributed by atoms with E-state index >= 15 is 0 Å². The van der Waals surface area contributed by atoms with E-state index < -0.39 is 5.69 Å². The first-order chi connectivity index (χ1) is 12.5. The summed E-state index contributed by atoms with van der Waals surface area (Å²) in [6.07, 6.45) is 0. The molecule has 0 saturated heterocycles. The van der Waals surface area contributed by atoms with Gasteiger partial charge in [-0.1, -0.05) is 34.1 Å². The van der Waals surface area contributed by atoms with Gasteiger partial charge in [-0.3, -0.25) is 18.5 Å². The molecule has 0 atom stereocenters. The lowest BCUT2D eigenvalue weighted by Crippen LogP contribution is -2.37. The number of nitrogens with zero attached hydrogens (tertiary/aromatic N) is 4. The zero-order valence-electron chi connectivity index (χ0n) is 14.8. The summed E-state index contributed by atoms with van der Waals surface area (Å²) in [5, 5.41) is 3.18. The van der Waals surface area contributed by atoms with Crippen molar-refractivity contribution in [3.63, 3.8) is 0 Å². The second kappa shape index (κ2) is 7.46. The number of imidazole rings is 1. The highest BCUT2D eigenvalue weighted by molar-refractivity contribution is 9.10. The van der Waals surface area contributed by atoms with E-state index in [-0.39, 0.29) is 5.56 Å². The topological polar surface area (TPSA) is 83.1 Å². The predicted octanol–water partition coefficient (Wildman–Crippen LogP) is 1.30. The van der Waals surface area contributed by atoms with Crippen molar-refractivity contribution in [2.45, 2.75) is 6.54 Å². The fourth-order valence-corrected chi connectivity index (χ4v) is 3.21. The van der Waals surface area contributed by atoms with Crippen molar-refractivity contribution in [1.29, 1.82) is 0 Å². The van der Waals surface area contributed by atoms with Crippen LogP contribution in [0.3, 0.4) is 0 Å². The molecule has 0 aliphatic carbocycles. The Bertz CT molecular complexity index is 1070. The van der Waals surface area contributed by atoms with E-state index in [1.807, 2.05) is 24.3 Å². The summed E-state index contributed by atoms with van der Waals surface area (Å²) in [7, 11) is 4.70. The third kappa shape index (κ3) is 3.19. The van der Waals surface area contributed by atoms with Crippen LogP contribution < -0.4 is 16.6 Å². The van der Waals surface area contributed by atoms with E-state index in [0.29, 0.717) is 36.8 Å². The molecule has 3 aromatic rings. The fourth-order valence-electron chi connectivity index (χ4n) is 2.80. The first-order valence-electron chi connectivity index (χ1n) is 8.08. The zero-order valence-corrected chi connectivity index (χ0v) is 16.4. The second-order valence-electron chi connectivity index (χ2n) is 5.91. The molecule has 0 radical (unpaired) electrons. The Kier molecular flexibility index (Phi) is 5.28. The average molecular weight is 422 g/mol. The maximum atomic E-state index is 12.8. The number of nitrogens with one attached hydrogen (secondary N) is 1. The van der Waals surface area contributed by atoms with Gasteiger partial charge in [-0.25, -0.2) is 4.79 Å². The summed E-state index contributed by atoms with van der Waals surface area (Å²) in [5.41, 5.74) is 0.951. The Labute approximate surface area is 158 Å². The molecule has 3 rings (SSSR count). The number of fused-ring (bicyclic) bond motifs is 1. The van der Waals surface area contributed by atoms with Gasteiger partial charge in [0.05, 0.1) is 13.2 Å². The third-order valence-electron chi connectivity index (χ3n) is 4.22. The van der Waals surface area contributed by atoms with Gasteiger partial charge in [0.25, 0.3) is 5.56 Å². The molecule has 9 heteroatoms. The Balaban J connectivity index is 2.23. The van der Waals surface area contributed by atoms with Crippen molar-refractivity contribution in [2.75, 3.05) is 25.6 Å². The van der Waals surface area contributed by atoms with Gasteiger partial charge in [0.1, 0.15) is 0 Å². The van der Waals surface area contributed by atoms with Crippen LogP contribution >= 0.6 is 15.9 Å². The highest BCUT2D eigenvalue weighted by Crippen LogP contribution is 2.22. The van der Waals surface area contributed by atoms with Crippen molar-refractivity contribution in [1.82, 2.24) is 18.7 Å².